The second-order valence-electron chi connectivity index (χ2n) is 7.76. The van der Waals surface area contributed by atoms with Gasteiger partial charge in [0.2, 0.25) is 0 Å². The number of aliphatic imine (C=N–C) groups is 1. The molecule has 2 atom stereocenters. The molecule has 1 aromatic carbocycles. The molecule has 156 valence electrons. The number of guanidine groups is 1. The van der Waals surface area contributed by atoms with Crippen LogP contribution in [-0.2, 0) is 0 Å². The smallest absolute Gasteiger partial charge is 0.191 e. The van der Waals surface area contributed by atoms with Crippen LogP contribution in [0.2, 0.25) is 0 Å². The highest BCUT2D eigenvalue weighted by Gasteiger charge is 2.31. The van der Waals surface area contributed by atoms with E-state index in [2.05, 4.69) is 72.5 Å². The fourth-order valence-corrected chi connectivity index (χ4v) is 4.64. The summed E-state index contributed by atoms with van der Waals surface area (Å²) in [5, 5.41) is 7.10. The van der Waals surface area contributed by atoms with E-state index >= 15 is 0 Å². The molecule has 0 saturated carbocycles. The molecule has 28 heavy (non-hydrogen) atoms. The molecule has 0 aliphatic carbocycles. The van der Waals surface area contributed by atoms with Gasteiger partial charge in [-0.05, 0) is 37.6 Å². The van der Waals surface area contributed by atoms with Crippen molar-refractivity contribution >= 4 is 51.6 Å². The van der Waals surface area contributed by atoms with Crippen LogP contribution < -0.4 is 15.5 Å². The number of hydrogen-bond acceptors (Lipinski definition) is 4. The first-order chi connectivity index (χ1) is 13.2. The normalized spacial score (nSPS) is 29.5. The number of fused-ring (bicyclic) bond motifs is 3. The van der Waals surface area contributed by atoms with Crippen molar-refractivity contribution < 1.29 is 0 Å². The van der Waals surface area contributed by atoms with Crippen molar-refractivity contribution in [3.8, 4) is 0 Å². The van der Waals surface area contributed by atoms with E-state index in [0.29, 0.717) is 12.1 Å². The molecule has 1 aromatic rings. The van der Waals surface area contributed by atoms with Crippen LogP contribution in [0.25, 0.3) is 0 Å². The van der Waals surface area contributed by atoms with Gasteiger partial charge in [0.05, 0.1) is 6.54 Å². The van der Waals surface area contributed by atoms with Gasteiger partial charge in [0, 0.05) is 74.6 Å². The van der Waals surface area contributed by atoms with Gasteiger partial charge in [-0.3, -0.25) is 14.8 Å². The largest absolute Gasteiger partial charge is 0.369 e. The summed E-state index contributed by atoms with van der Waals surface area (Å²) in [5.41, 5.74) is 1.30. The Balaban J connectivity index is 0.00000225. The summed E-state index contributed by atoms with van der Waals surface area (Å²) < 4.78 is 1.13. The average molecular weight is 563 g/mol. The molecule has 8 heteroatoms. The standard InChI is InChI=1S/C20H31BrN6.HI/c1-2-22-20(23-13-19-15-25-9-11-26(19)12-10-25)24-17-7-8-27(14-17)18-5-3-16(21)4-6-18;/h3-6,17,19H,2,7-15H2,1H3,(H2,22,23,24);1H. The lowest BCUT2D eigenvalue weighted by atomic mass is 10.1. The van der Waals surface area contributed by atoms with Crippen molar-refractivity contribution in [1.82, 2.24) is 20.4 Å². The van der Waals surface area contributed by atoms with Crippen molar-refractivity contribution in [2.45, 2.75) is 25.4 Å². The molecule has 4 saturated heterocycles. The van der Waals surface area contributed by atoms with Crippen LogP contribution in [0.5, 0.6) is 0 Å². The number of piperazine rings is 3. The Labute approximate surface area is 194 Å². The SMILES string of the molecule is CCNC(=NCC1CN2CCN1CC2)NC1CCN(c2ccc(Br)cc2)C1.I. The van der Waals surface area contributed by atoms with E-state index in [1.54, 1.807) is 0 Å². The number of nitrogens with one attached hydrogen (secondary N) is 2. The molecule has 2 N–H and O–H groups in total. The molecule has 4 aliphatic heterocycles. The summed E-state index contributed by atoms with van der Waals surface area (Å²) in [6, 6.07) is 9.63. The third kappa shape index (κ3) is 5.52. The van der Waals surface area contributed by atoms with Crippen LogP contribution in [0.15, 0.2) is 33.7 Å². The first-order valence-electron chi connectivity index (χ1n) is 10.2. The quantitative estimate of drug-likeness (QED) is 0.327. The number of anilines is 1. The summed E-state index contributed by atoms with van der Waals surface area (Å²) >= 11 is 3.52. The molecule has 0 aromatic heterocycles. The molecule has 6 nitrogen and oxygen atoms in total. The van der Waals surface area contributed by atoms with Crippen molar-refractivity contribution in [2.24, 2.45) is 4.99 Å². The number of halogens is 2. The van der Waals surface area contributed by atoms with Crippen molar-refractivity contribution in [3.05, 3.63) is 28.7 Å². The van der Waals surface area contributed by atoms with Gasteiger partial charge in [0.1, 0.15) is 0 Å². The monoisotopic (exact) mass is 562 g/mol. The number of nitrogens with zero attached hydrogens (tertiary/aromatic N) is 4. The second-order valence-corrected chi connectivity index (χ2v) is 8.68. The zero-order valence-electron chi connectivity index (χ0n) is 16.6. The predicted octanol–water partition coefficient (Wildman–Crippen LogP) is 2.20. The maximum atomic E-state index is 4.93. The van der Waals surface area contributed by atoms with E-state index in [-0.39, 0.29) is 24.0 Å². The molecule has 4 heterocycles. The summed E-state index contributed by atoms with van der Waals surface area (Å²) in [4.78, 5) is 12.6. The molecular weight excluding hydrogens is 531 g/mol. The van der Waals surface area contributed by atoms with E-state index in [4.69, 9.17) is 4.99 Å². The topological polar surface area (TPSA) is 46.1 Å². The summed E-state index contributed by atoms with van der Waals surface area (Å²) in [7, 11) is 0. The molecule has 4 aliphatic rings. The van der Waals surface area contributed by atoms with Crippen molar-refractivity contribution in [2.75, 3.05) is 63.8 Å². The minimum absolute atomic E-state index is 0. The Morgan fingerprint density at radius 2 is 1.86 bits per heavy atom. The van der Waals surface area contributed by atoms with Gasteiger partial charge in [0.15, 0.2) is 5.96 Å². The van der Waals surface area contributed by atoms with Gasteiger partial charge in [-0.1, -0.05) is 15.9 Å². The highest BCUT2D eigenvalue weighted by atomic mass is 127. The van der Waals surface area contributed by atoms with Crippen LogP contribution in [0, 0.1) is 0 Å². The third-order valence-electron chi connectivity index (χ3n) is 5.92. The lowest BCUT2D eigenvalue weighted by Crippen LogP contribution is -2.62. The Morgan fingerprint density at radius 1 is 1.11 bits per heavy atom. The van der Waals surface area contributed by atoms with E-state index in [1.807, 2.05) is 0 Å². The van der Waals surface area contributed by atoms with Gasteiger partial charge in [-0.2, -0.15) is 0 Å². The van der Waals surface area contributed by atoms with Crippen molar-refractivity contribution in [3.63, 3.8) is 0 Å². The Morgan fingerprint density at radius 3 is 2.50 bits per heavy atom. The molecule has 0 amide bonds. The maximum absolute atomic E-state index is 4.93. The van der Waals surface area contributed by atoms with E-state index < -0.39 is 0 Å². The molecule has 2 bridgehead atoms. The van der Waals surface area contributed by atoms with Crippen LogP contribution in [0.1, 0.15) is 13.3 Å². The summed E-state index contributed by atoms with van der Waals surface area (Å²) in [6.45, 7) is 12.1. The fraction of sp³-hybridized carbons (Fsp3) is 0.650. The summed E-state index contributed by atoms with van der Waals surface area (Å²) in [6.07, 6.45) is 1.14. The van der Waals surface area contributed by atoms with E-state index in [1.165, 1.54) is 38.4 Å². The molecule has 0 radical (unpaired) electrons. The Kier molecular flexibility index (Phi) is 8.25. The highest BCUT2D eigenvalue weighted by molar-refractivity contribution is 14.0. The van der Waals surface area contributed by atoms with E-state index in [9.17, 15) is 0 Å². The number of rotatable bonds is 5. The number of benzene rings is 1. The van der Waals surface area contributed by atoms with Crippen LogP contribution in [0.4, 0.5) is 5.69 Å². The van der Waals surface area contributed by atoms with E-state index in [0.717, 1.165) is 43.0 Å². The molecule has 4 fully saturated rings. The van der Waals surface area contributed by atoms with Crippen LogP contribution >= 0.6 is 39.9 Å². The van der Waals surface area contributed by atoms with Gasteiger partial charge in [0.25, 0.3) is 0 Å². The lowest BCUT2D eigenvalue weighted by Gasteiger charge is -2.47. The van der Waals surface area contributed by atoms with Gasteiger partial charge in [-0.15, -0.1) is 24.0 Å². The highest BCUT2D eigenvalue weighted by Crippen LogP contribution is 2.22. The molecular formula is C20H32BrIN6. The van der Waals surface area contributed by atoms with Crippen LogP contribution in [0.3, 0.4) is 0 Å². The molecule has 0 spiro atoms. The minimum atomic E-state index is 0. The average Bonchev–Trinajstić information content (AvgIpc) is 3.16. The molecule has 2 unspecified atom stereocenters. The zero-order valence-corrected chi connectivity index (χ0v) is 20.5. The Bertz CT molecular complexity index is 647. The Hall–Kier alpha value is -0.580. The molecule has 5 rings (SSSR count). The number of hydrogen-bond donors (Lipinski definition) is 2. The second kappa shape index (κ2) is 10.4. The lowest BCUT2D eigenvalue weighted by molar-refractivity contribution is 0.0174. The van der Waals surface area contributed by atoms with Crippen molar-refractivity contribution in [1.29, 1.82) is 0 Å². The van der Waals surface area contributed by atoms with Gasteiger partial charge >= 0.3 is 0 Å². The maximum Gasteiger partial charge on any atom is 0.191 e. The first kappa shape index (κ1) is 22.1. The summed E-state index contributed by atoms with van der Waals surface area (Å²) in [5.74, 6) is 0.970. The first-order valence-corrected chi connectivity index (χ1v) is 11.0. The van der Waals surface area contributed by atoms with Gasteiger partial charge < -0.3 is 15.5 Å². The van der Waals surface area contributed by atoms with Gasteiger partial charge in [-0.25, -0.2) is 0 Å². The fourth-order valence-electron chi connectivity index (χ4n) is 4.37. The predicted molar refractivity (Wildman–Crippen MR) is 131 cm³/mol. The zero-order chi connectivity index (χ0) is 18.6. The third-order valence-corrected chi connectivity index (χ3v) is 6.45. The van der Waals surface area contributed by atoms with Crippen LogP contribution in [-0.4, -0.2) is 86.7 Å². The minimum Gasteiger partial charge on any atom is -0.369 e.